The van der Waals surface area contributed by atoms with Crippen molar-refractivity contribution in [2.24, 2.45) is 4.99 Å². The lowest BCUT2D eigenvalue weighted by atomic mass is 9.95. The van der Waals surface area contributed by atoms with Crippen molar-refractivity contribution < 1.29 is 23.9 Å². The van der Waals surface area contributed by atoms with E-state index in [1.165, 1.54) is 23.5 Å². The van der Waals surface area contributed by atoms with Gasteiger partial charge in [-0.1, -0.05) is 47.7 Å². The van der Waals surface area contributed by atoms with E-state index in [0.29, 0.717) is 55.7 Å². The van der Waals surface area contributed by atoms with Gasteiger partial charge in [-0.05, 0) is 85.1 Å². The molecule has 2 heterocycles. The molecule has 1 N–H and O–H groups in total. The van der Waals surface area contributed by atoms with Crippen molar-refractivity contribution in [3.05, 3.63) is 155 Å². The molecule has 6 rings (SSSR count). The Kier molecular flexibility index (Phi) is 9.67. The summed E-state index contributed by atoms with van der Waals surface area (Å²) in [6.07, 6.45) is 1.76. The molecule has 5 aromatic rings. The molecule has 49 heavy (non-hydrogen) atoms. The largest absolute Gasteiger partial charge is 0.497 e. The quantitative estimate of drug-likeness (QED) is 0.139. The number of nitro benzene ring substituents is 1. The van der Waals surface area contributed by atoms with Crippen molar-refractivity contribution in [3.8, 4) is 17.2 Å². The molecule has 0 bridgehead atoms. The average molecular weight is 677 g/mol. The number of amides is 1. The van der Waals surface area contributed by atoms with Gasteiger partial charge in [0.25, 0.3) is 17.2 Å². The Labute approximate surface area is 285 Å². The molecule has 0 spiro atoms. The van der Waals surface area contributed by atoms with E-state index in [-0.39, 0.29) is 23.8 Å². The Morgan fingerprint density at radius 2 is 1.73 bits per heavy atom. The number of nitro groups is 1. The van der Waals surface area contributed by atoms with Gasteiger partial charge in [0.15, 0.2) is 16.3 Å². The molecule has 0 saturated carbocycles. The Balaban J connectivity index is 1.36. The minimum absolute atomic E-state index is 0.00513. The van der Waals surface area contributed by atoms with Crippen LogP contribution in [0.15, 0.2) is 118 Å². The number of nitrogens with zero attached hydrogens (tertiary/aromatic N) is 3. The first-order valence-corrected chi connectivity index (χ1v) is 16.2. The van der Waals surface area contributed by atoms with E-state index in [1.54, 1.807) is 73.2 Å². The average Bonchev–Trinajstić information content (AvgIpc) is 3.41. The molecule has 0 radical (unpaired) electrons. The third-order valence-electron chi connectivity index (χ3n) is 7.84. The number of allylic oxidation sites excluding steroid dienone is 1. The van der Waals surface area contributed by atoms with Crippen LogP contribution >= 0.6 is 11.3 Å². The molecule has 4 aromatic carbocycles. The van der Waals surface area contributed by atoms with Crippen LogP contribution in [0, 0.1) is 10.1 Å². The highest BCUT2D eigenvalue weighted by atomic mass is 32.1. The maximum Gasteiger partial charge on any atom is 0.271 e. The first kappa shape index (κ1) is 32.9. The standard InChI is InChI=1S/C37H32N4O7S/c1-4-47-31-20-25(12-19-30(31)48-22-24-10-15-28(16-11-24)41(44)45)21-32-36(43)40-34(26-13-17-29(46-3)18-14-26)33(23(2)38-37(40)49-32)35(42)39-27-8-6-5-7-9-27/h5-21,34H,4,22H2,1-3H3,(H,39,42)/b32-21+/t34-/m1/s1. The predicted octanol–water partition coefficient (Wildman–Crippen LogP) is 5.77. The van der Waals surface area contributed by atoms with Crippen molar-refractivity contribution in [2.45, 2.75) is 26.5 Å². The van der Waals surface area contributed by atoms with Crippen LogP contribution in [0.3, 0.4) is 0 Å². The summed E-state index contributed by atoms with van der Waals surface area (Å²) < 4.78 is 19.2. The van der Waals surface area contributed by atoms with Crippen LogP contribution in [0.1, 0.15) is 36.6 Å². The fourth-order valence-electron chi connectivity index (χ4n) is 5.46. The van der Waals surface area contributed by atoms with Crippen molar-refractivity contribution in [1.82, 2.24) is 4.57 Å². The second-order valence-electron chi connectivity index (χ2n) is 11.0. The van der Waals surface area contributed by atoms with Crippen LogP contribution in [-0.2, 0) is 11.4 Å². The third kappa shape index (κ3) is 7.14. The lowest BCUT2D eigenvalue weighted by Crippen LogP contribution is -2.40. The number of benzene rings is 4. The number of carbonyl (C=O) groups is 1. The Hall–Kier alpha value is -6.01. The predicted molar refractivity (Wildman–Crippen MR) is 187 cm³/mol. The van der Waals surface area contributed by atoms with E-state index < -0.39 is 11.0 Å². The number of thiazole rings is 1. The zero-order valence-corrected chi connectivity index (χ0v) is 27.7. The number of aromatic nitrogens is 1. The zero-order chi connectivity index (χ0) is 34.5. The molecule has 0 aliphatic carbocycles. The van der Waals surface area contributed by atoms with Crippen LogP contribution < -0.4 is 34.4 Å². The van der Waals surface area contributed by atoms with E-state index in [1.807, 2.05) is 43.3 Å². The Morgan fingerprint density at radius 1 is 1.00 bits per heavy atom. The van der Waals surface area contributed by atoms with Gasteiger partial charge in [-0.3, -0.25) is 24.3 Å². The number of fused-ring (bicyclic) bond motifs is 1. The second-order valence-corrected chi connectivity index (χ2v) is 12.0. The molecule has 1 atom stereocenters. The second kappa shape index (κ2) is 14.4. The molecule has 11 nitrogen and oxygen atoms in total. The highest BCUT2D eigenvalue weighted by molar-refractivity contribution is 7.07. The minimum atomic E-state index is -0.734. The normalized spacial score (nSPS) is 14.1. The smallest absolute Gasteiger partial charge is 0.271 e. The number of hydrogen-bond donors (Lipinski definition) is 1. The van der Waals surface area contributed by atoms with Gasteiger partial charge in [-0.25, -0.2) is 4.99 Å². The first-order chi connectivity index (χ1) is 23.7. The molecule has 1 aliphatic rings. The molecule has 1 aromatic heterocycles. The highest BCUT2D eigenvalue weighted by Crippen LogP contribution is 2.32. The van der Waals surface area contributed by atoms with Gasteiger partial charge in [-0.2, -0.15) is 0 Å². The van der Waals surface area contributed by atoms with Crippen LogP contribution in [0.25, 0.3) is 6.08 Å². The van der Waals surface area contributed by atoms with Gasteiger partial charge >= 0.3 is 0 Å². The van der Waals surface area contributed by atoms with Gasteiger partial charge in [0, 0.05) is 17.8 Å². The van der Waals surface area contributed by atoms with E-state index in [2.05, 4.69) is 5.32 Å². The number of nitrogens with one attached hydrogen (secondary N) is 1. The SMILES string of the molecule is CCOc1cc(/C=c2/sc3n(c2=O)[C@H](c2ccc(OC)cc2)C(C(=O)Nc2ccccc2)=C(C)N=3)ccc1OCc1ccc([N+](=O)[O-])cc1. The summed E-state index contributed by atoms with van der Waals surface area (Å²) in [4.78, 5) is 43.7. The maximum atomic E-state index is 14.2. The Bertz CT molecular complexity index is 2230. The fourth-order valence-corrected chi connectivity index (χ4v) is 6.51. The van der Waals surface area contributed by atoms with Crippen LogP contribution in [0.4, 0.5) is 11.4 Å². The van der Waals surface area contributed by atoms with Crippen LogP contribution in [0.2, 0.25) is 0 Å². The van der Waals surface area contributed by atoms with E-state index in [9.17, 15) is 19.7 Å². The molecule has 0 unspecified atom stereocenters. The summed E-state index contributed by atoms with van der Waals surface area (Å²) >= 11 is 1.24. The lowest BCUT2D eigenvalue weighted by molar-refractivity contribution is -0.384. The maximum absolute atomic E-state index is 14.2. The molecule has 12 heteroatoms. The van der Waals surface area contributed by atoms with Crippen molar-refractivity contribution in [2.75, 3.05) is 19.0 Å². The molecular formula is C37H32N4O7S. The van der Waals surface area contributed by atoms with Gasteiger partial charge < -0.3 is 19.5 Å². The van der Waals surface area contributed by atoms with Gasteiger partial charge in [-0.15, -0.1) is 0 Å². The summed E-state index contributed by atoms with van der Waals surface area (Å²) in [7, 11) is 1.58. The molecule has 1 aliphatic heterocycles. The van der Waals surface area contributed by atoms with Crippen LogP contribution in [-0.4, -0.2) is 29.1 Å². The zero-order valence-electron chi connectivity index (χ0n) is 26.9. The Morgan fingerprint density at radius 3 is 2.41 bits per heavy atom. The van der Waals surface area contributed by atoms with E-state index in [0.717, 1.165) is 11.1 Å². The topological polar surface area (TPSA) is 134 Å². The number of rotatable bonds is 11. The molecular weight excluding hydrogens is 644 g/mol. The molecule has 248 valence electrons. The minimum Gasteiger partial charge on any atom is -0.497 e. The molecule has 1 amide bonds. The summed E-state index contributed by atoms with van der Waals surface area (Å²) in [6, 6.07) is 27.2. The third-order valence-corrected chi connectivity index (χ3v) is 8.82. The van der Waals surface area contributed by atoms with Gasteiger partial charge in [0.05, 0.1) is 40.5 Å². The lowest BCUT2D eigenvalue weighted by Gasteiger charge is -2.25. The van der Waals surface area contributed by atoms with E-state index in [4.69, 9.17) is 19.2 Å². The number of hydrogen-bond acceptors (Lipinski definition) is 9. The number of ether oxygens (including phenoxy) is 3. The molecule has 0 fully saturated rings. The van der Waals surface area contributed by atoms with Crippen molar-refractivity contribution >= 4 is 34.7 Å². The van der Waals surface area contributed by atoms with Gasteiger partial charge in [0.2, 0.25) is 0 Å². The number of non-ortho nitro benzene ring substituents is 1. The summed E-state index contributed by atoms with van der Waals surface area (Å²) in [6.45, 7) is 4.20. The number of methoxy groups -OCH3 is 1. The summed E-state index contributed by atoms with van der Waals surface area (Å²) in [5.74, 6) is 1.27. The number of anilines is 1. The molecule has 0 saturated heterocycles. The highest BCUT2D eigenvalue weighted by Gasteiger charge is 2.32. The van der Waals surface area contributed by atoms with Crippen LogP contribution in [0.5, 0.6) is 17.2 Å². The van der Waals surface area contributed by atoms with Crippen molar-refractivity contribution in [1.29, 1.82) is 0 Å². The van der Waals surface area contributed by atoms with Gasteiger partial charge in [0.1, 0.15) is 12.4 Å². The van der Waals surface area contributed by atoms with E-state index >= 15 is 0 Å². The number of carbonyl (C=O) groups excluding carboxylic acids is 1. The summed E-state index contributed by atoms with van der Waals surface area (Å²) in [5, 5.41) is 13.9. The number of para-hydroxylation sites is 1. The summed E-state index contributed by atoms with van der Waals surface area (Å²) in [5.41, 5.74) is 3.41. The monoisotopic (exact) mass is 676 g/mol. The first-order valence-electron chi connectivity index (χ1n) is 15.4. The fraction of sp³-hybridized carbons (Fsp3) is 0.162. The van der Waals surface area contributed by atoms with Crippen molar-refractivity contribution in [3.63, 3.8) is 0 Å².